The van der Waals surface area contributed by atoms with Gasteiger partial charge < -0.3 is 28.1 Å². The smallest absolute Gasteiger partial charge is 0.349 e. The Labute approximate surface area is 678 Å². The van der Waals surface area contributed by atoms with E-state index >= 15 is 0 Å². The first-order valence-electron chi connectivity index (χ1n) is 43.4. The fourth-order valence-electron chi connectivity index (χ4n) is 15.9. The van der Waals surface area contributed by atoms with E-state index in [9.17, 15) is 40.2 Å². The van der Waals surface area contributed by atoms with Gasteiger partial charge in [-0.2, -0.15) is 21.0 Å². The Hall–Kier alpha value is -10.3. The number of esters is 4. The Bertz CT molecular complexity index is 4210. The highest BCUT2D eigenvalue weighted by atomic mass is 16.5. The maximum absolute atomic E-state index is 13.8. The molecule has 600 valence electrons. The van der Waals surface area contributed by atoms with Crippen LogP contribution in [0, 0.1) is 45.3 Å². The molecule has 0 spiro atoms. The maximum Gasteiger partial charge on any atom is 0.349 e. The number of fused-ring (bicyclic) bond motifs is 8. The summed E-state index contributed by atoms with van der Waals surface area (Å²) in [6.45, 7) is 5.33. The molecule has 0 N–H and O–H groups in total. The molecule has 8 aromatic rings. The maximum atomic E-state index is 13.8. The van der Waals surface area contributed by atoms with Crippen LogP contribution in [0.25, 0.3) is 67.9 Å². The number of carbonyl (C=O) groups excluding carboxylic acids is 4. The van der Waals surface area contributed by atoms with E-state index in [4.69, 9.17) is 18.9 Å². The van der Waals surface area contributed by atoms with E-state index in [1.54, 1.807) is 48.5 Å². The standard InChI is InChI=1S/C100H122N6O8/c1-3-5-7-9-11-13-15-17-19-21-23-25-27-29-31-33-35-37-39-41-57-105-93-53-49-77-61-85(69-101)97(107)111-73-81-45-43-47-83(59-81)75-113-99(109)87(71-103)63-79-51-55-95-91(67-79)92-68-80(52-56-96(92)106(95)58-42-40-38-36-34-32-30-28-26-24-22-20-18-16-14-12-10-8-6-4-2)64-88(72-104)100(110)114-76-84-48-44-46-82(60-84)74-112-98(108)86(70-102)62-78-50-54-94(105)90(66-78)89(93)65-77/h43-56,59-68H,3-42,57-58,73-76H2,1-2H3. The summed E-state index contributed by atoms with van der Waals surface area (Å²) >= 11 is 0. The minimum Gasteiger partial charge on any atom is -0.457 e. The van der Waals surface area contributed by atoms with Crippen molar-refractivity contribution in [2.75, 3.05) is 0 Å². The molecule has 9 rings (SSSR count). The molecule has 0 aliphatic carbocycles. The van der Waals surface area contributed by atoms with Crippen LogP contribution < -0.4 is 0 Å². The summed E-state index contributed by atoms with van der Waals surface area (Å²) in [5.74, 6) is -3.30. The first-order valence-corrected chi connectivity index (χ1v) is 43.4. The number of hydrogen-bond donors (Lipinski definition) is 0. The van der Waals surface area contributed by atoms with Gasteiger partial charge in [-0.25, -0.2) is 19.2 Å². The number of hydrogen-bond acceptors (Lipinski definition) is 12. The molecular formula is C100H122N6O8. The number of unbranched alkanes of at least 4 members (excludes halogenated alkanes) is 38. The highest BCUT2D eigenvalue weighted by Crippen LogP contribution is 2.36. The lowest BCUT2D eigenvalue weighted by Gasteiger charge is -2.09. The Kier molecular flexibility index (Phi) is 38.5. The van der Waals surface area contributed by atoms with Crippen LogP contribution in [0.15, 0.2) is 144 Å². The SMILES string of the molecule is CCCCCCCCCCCCCCCCCCCCCCn1c2ccc3cc2c2cc(ccc21)C=C(C#N)C(=O)OCc1cccc(c1)COC(=O)C(C#N)=Cc1ccc2c(c1)c1cc(ccc1n2CCCCCCCCCCCCCCCCCCCCCC)C=C(C#N)C(=O)OCc1cccc(c1)COC(=O)C(C#N)=C3. The van der Waals surface area contributed by atoms with E-state index in [0.717, 1.165) is 95.2 Å². The summed E-state index contributed by atoms with van der Waals surface area (Å²) < 4.78 is 27.6. The molecule has 2 aromatic heterocycles. The first kappa shape index (κ1) is 87.7. The van der Waals surface area contributed by atoms with Gasteiger partial charge in [-0.05, 0) is 142 Å². The van der Waals surface area contributed by atoms with Crippen molar-refractivity contribution in [3.05, 3.63) is 188 Å². The average Bonchev–Trinajstić information content (AvgIpc) is 1.61. The zero-order valence-corrected chi connectivity index (χ0v) is 68.3. The Morgan fingerprint density at radius 3 is 0.649 bits per heavy atom. The van der Waals surface area contributed by atoms with Crippen molar-refractivity contribution in [1.29, 1.82) is 21.0 Å². The van der Waals surface area contributed by atoms with Gasteiger partial charge in [-0.15, -0.1) is 0 Å². The van der Waals surface area contributed by atoms with Gasteiger partial charge >= 0.3 is 23.9 Å². The topological polar surface area (TPSA) is 210 Å². The van der Waals surface area contributed by atoms with E-state index in [0.29, 0.717) is 44.5 Å². The highest BCUT2D eigenvalue weighted by Gasteiger charge is 2.21. The summed E-state index contributed by atoms with van der Waals surface area (Å²) in [5, 5.41) is 45.1. The van der Waals surface area contributed by atoms with Gasteiger partial charge in [0.05, 0.1) is 0 Å². The van der Waals surface area contributed by atoms with Gasteiger partial charge in [0.15, 0.2) is 0 Å². The molecule has 0 saturated carbocycles. The predicted octanol–water partition coefficient (Wildman–Crippen LogP) is 26.5. The number of ether oxygens (including phenoxy) is 4. The molecule has 114 heavy (non-hydrogen) atoms. The Balaban J connectivity index is 0.870. The van der Waals surface area contributed by atoms with E-state index in [2.05, 4.69) is 23.0 Å². The molecule has 1 aliphatic heterocycles. The first-order chi connectivity index (χ1) is 56.0. The van der Waals surface area contributed by atoms with E-state index in [-0.39, 0.29) is 48.7 Å². The molecule has 0 fully saturated rings. The second kappa shape index (κ2) is 50.1. The molecule has 0 saturated heterocycles. The number of carbonyl (C=O) groups is 4. The van der Waals surface area contributed by atoms with Crippen LogP contribution in [-0.2, 0) is 77.6 Å². The third kappa shape index (κ3) is 28.7. The largest absolute Gasteiger partial charge is 0.457 e. The molecule has 0 atom stereocenters. The lowest BCUT2D eigenvalue weighted by Crippen LogP contribution is -2.08. The summed E-state index contributed by atoms with van der Waals surface area (Å²) in [7, 11) is 0. The summed E-state index contributed by atoms with van der Waals surface area (Å²) in [4.78, 5) is 55.1. The number of rotatable bonds is 42. The lowest BCUT2D eigenvalue weighted by molar-refractivity contribution is -0.140. The van der Waals surface area contributed by atoms with Crippen LogP contribution in [0.2, 0.25) is 0 Å². The summed E-state index contributed by atoms with van der Waals surface area (Å²) in [6, 6.07) is 45.4. The van der Waals surface area contributed by atoms with Gasteiger partial charge in [-0.3, -0.25) is 0 Å². The van der Waals surface area contributed by atoms with Crippen molar-refractivity contribution < 1.29 is 38.1 Å². The van der Waals surface area contributed by atoms with Crippen LogP contribution in [-0.4, -0.2) is 33.0 Å². The van der Waals surface area contributed by atoms with Crippen molar-refractivity contribution in [1.82, 2.24) is 9.13 Å². The molecule has 0 amide bonds. The van der Waals surface area contributed by atoms with Gasteiger partial charge in [0, 0.05) is 56.7 Å². The fourth-order valence-corrected chi connectivity index (χ4v) is 15.9. The highest BCUT2D eigenvalue weighted by molar-refractivity contribution is 6.12. The third-order valence-corrected chi connectivity index (χ3v) is 22.4. The van der Waals surface area contributed by atoms with Crippen molar-refractivity contribution in [3.63, 3.8) is 0 Å². The van der Waals surface area contributed by atoms with Crippen LogP contribution in [0.1, 0.15) is 315 Å². The number of nitriles is 4. The van der Waals surface area contributed by atoms with Crippen LogP contribution in [0.5, 0.6) is 0 Å². The molecule has 3 heterocycles. The van der Waals surface area contributed by atoms with Crippen LogP contribution in [0.4, 0.5) is 0 Å². The van der Waals surface area contributed by atoms with E-state index < -0.39 is 23.9 Å². The van der Waals surface area contributed by atoms with Crippen LogP contribution in [0.3, 0.4) is 0 Å². The second-order valence-electron chi connectivity index (χ2n) is 31.5. The van der Waals surface area contributed by atoms with E-state index in [1.165, 1.54) is 243 Å². The van der Waals surface area contributed by atoms with Gasteiger partial charge in [0.2, 0.25) is 0 Å². The fraction of sp³-hybridized carbons (Fsp3) is 0.480. The molecule has 0 radical (unpaired) electrons. The van der Waals surface area contributed by atoms with Gasteiger partial charge in [0.1, 0.15) is 73.0 Å². The average molecular weight is 1540 g/mol. The Morgan fingerprint density at radius 1 is 0.263 bits per heavy atom. The quantitative estimate of drug-likeness (QED) is 0.0199. The Morgan fingerprint density at radius 2 is 0.456 bits per heavy atom. The molecule has 14 heteroatoms. The predicted molar refractivity (Wildman–Crippen MR) is 461 cm³/mol. The minimum atomic E-state index is -0.824. The van der Waals surface area contributed by atoms with E-state index in [1.807, 2.05) is 97.1 Å². The molecular weight excluding hydrogens is 1410 g/mol. The third-order valence-electron chi connectivity index (χ3n) is 22.4. The minimum absolute atomic E-state index is 0.182. The van der Waals surface area contributed by atoms with Crippen molar-refractivity contribution in [2.24, 2.45) is 0 Å². The number of nitrogens with zero attached hydrogens (tertiary/aromatic N) is 6. The van der Waals surface area contributed by atoms with Gasteiger partial charge in [0.25, 0.3) is 0 Å². The number of benzene rings is 6. The number of aryl methyl sites for hydroxylation is 2. The lowest BCUT2D eigenvalue weighted by atomic mass is 10.0. The van der Waals surface area contributed by atoms with Crippen LogP contribution >= 0.6 is 0 Å². The molecule has 14 nitrogen and oxygen atoms in total. The zero-order valence-electron chi connectivity index (χ0n) is 68.3. The van der Waals surface area contributed by atoms with Crippen molar-refractivity contribution in [3.8, 4) is 24.3 Å². The zero-order chi connectivity index (χ0) is 80.2. The monoisotopic (exact) mass is 1530 g/mol. The summed E-state index contributed by atoms with van der Waals surface area (Å²) in [5.41, 5.74) is 7.64. The second-order valence-corrected chi connectivity index (χ2v) is 31.5. The molecule has 1 aliphatic rings. The van der Waals surface area contributed by atoms with Crippen molar-refractivity contribution >= 4 is 91.8 Å². The van der Waals surface area contributed by atoms with Crippen molar-refractivity contribution in [2.45, 2.75) is 310 Å². The number of aromatic nitrogens is 2. The number of cyclic esters (lactones) is 4. The normalized spacial score (nSPS) is 13.5. The van der Waals surface area contributed by atoms with Gasteiger partial charge in [-0.1, -0.05) is 319 Å². The summed E-state index contributed by atoms with van der Waals surface area (Å²) in [6.07, 6.45) is 58.1. The molecule has 0 unspecified atom stereocenters. The molecule has 12 bridgehead atoms. The molecule has 6 aromatic carbocycles.